The van der Waals surface area contributed by atoms with Crippen LogP contribution in [0.15, 0.2) is 18.2 Å². The van der Waals surface area contributed by atoms with E-state index in [1.54, 1.807) is 0 Å². The molecule has 0 bridgehead atoms. The van der Waals surface area contributed by atoms with Crippen LogP contribution in [0, 0.1) is 13.8 Å². The SMILES string of the molecule is Cc1[nH]c2c(C(=O)N3CCN(CC(=O)N4CCCCC4C)CC3)cccc2c1C. The molecule has 29 heavy (non-hydrogen) atoms. The molecule has 0 aliphatic carbocycles. The standard InChI is InChI=1S/C23H32N4O2/c1-16-7-4-5-10-27(16)21(28)15-25-11-13-26(14-12-25)23(29)20-9-6-8-19-17(2)18(3)24-22(19)20/h6,8-9,16,24H,4-5,7,10-15H2,1-3H3. The van der Waals surface area contributed by atoms with E-state index in [4.69, 9.17) is 0 Å². The molecule has 2 fully saturated rings. The van der Waals surface area contributed by atoms with Crippen molar-refractivity contribution >= 4 is 22.7 Å². The van der Waals surface area contributed by atoms with Gasteiger partial charge in [0.25, 0.3) is 5.91 Å². The van der Waals surface area contributed by atoms with E-state index in [9.17, 15) is 9.59 Å². The number of aryl methyl sites for hydroxylation is 2. The lowest BCUT2D eigenvalue weighted by atomic mass is 10.0. The summed E-state index contributed by atoms with van der Waals surface area (Å²) in [6, 6.07) is 6.29. The van der Waals surface area contributed by atoms with Crippen LogP contribution in [0.2, 0.25) is 0 Å². The Labute approximate surface area is 172 Å². The van der Waals surface area contributed by atoms with Gasteiger partial charge in [-0.3, -0.25) is 14.5 Å². The van der Waals surface area contributed by atoms with E-state index in [1.165, 1.54) is 12.0 Å². The van der Waals surface area contributed by atoms with Gasteiger partial charge >= 0.3 is 0 Å². The van der Waals surface area contributed by atoms with Crippen LogP contribution in [0.25, 0.3) is 10.9 Å². The number of likely N-dealkylation sites (tertiary alicyclic amines) is 1. The van der Waals surface area contributed by atoms with Gasteiger partial charge in [0, 0.05) is 49.8 Å². The van der Waals surface area contributed by atoms with Crippen molar-refractivity contribution in [1.29, 1.82) is 0 Å². The lowest BCUT2D eigenvalue weighted by Crippen LogP contribution is -2.53. The summed E-state index contributed by atoms with van der Waals surface area (Å²) < 4.78 is 0. The zero-order valence-electron chi connectivity index (χ0n) is 17.8. The van der Waals surface area contributed by atoms with Crippen LogP contribution in [0.3, 0.4) is 0 Å². The minimum Gasteiger partial charge on any atom is -0.358 e. The van der Waals surface area contributed by atoms with Crippen molar-refractivity contribution < 1.29 is 9.59 Å². The predicted octanol–water partition coefficient (Wildman–Crippen LogP) is 2.94. The summed E-state index contributed by atoms with van der Waals surface area (Å²) in [7, 11) is 0. The molecule has 2 aliphatic rings. The van der Waals surface area contributed by atoms with Gasteiger partial charge in [0.15, 0.2) is 0 Å². The van der Waals surface area contributed by atoms with Gasteiger partial charge in [-0.25, -0.2) is 0 Å². The fourth-order valence-electron chi connectivity index (χ4n) is 4.69. The van der Waals surface area contributed by atoms with Crippen molar-refractivity contribution in [3.8, 4) is 0 Å². The van der Waals surface area contributed by atoms with Gasteiger partial charge in [0.1, 0.15) is 0 Å². The first kappa shape index (κ1) is 20.0. The van der Waals surface area contributed by atoms with E-state index in [2.05, 4.69) is 29.8 Å². The summed E-state index contributed by atoms with van der Waals surface area (Å²) in [4.78, 5) is 35.4. The topological polar surface area (TPSA) is 59.7 Å². The first-order valence-electron chi connectivity index (χ1n) is 10.8. The second-order valence-corrected chi connectivity index (χ2v) is 8.60. The number of fused-ring (bicyclic) bond motifs is 1. The molecule has 2 aromatic rings. The van der Waals surface area contributed by atoms with Gasteiger partial charge in [-0.05, 0) is 51.7 Å². The van der Waals surface area contributed by atoms with E-state index >= 15 is 0 Å². The third-order valence-electron chi connectivity index (χ3n) is 6.72. The van der Waals surface area contributed by atoms with Crippen LogP contribution in [0.4, 0.5) is 0 Å². The molecule has 3 heterocycles. The Kier molecular flexibility index (Phi) is 5.63. The van der Waals surface area contributed by atoms with Crippen LogP contribution in [0.5, 0.6) is 0 Å². The minimum absolute atomic E-state index is 0.0764. The number of hydrogen-bond acceptors (Lipinski definition) is 3. The highest BCUT2D eigenvalue weighted by Crippen LogP contribution is 2.25. The van der Waals surface area contributed by atoms with Crippen molar-refractivity contribution in [2.45, 2.75) is 46.1 Å². The number of benzene rings is 1. The minimum atomic E-state index is 0.0764. The Balaban J connectivity index is 1.38. The molecule has 4 rings (SSSR count). The van der Waals surface area contributed by atoms with Crippen molar-refractivity contribution in [3.63, 3.8) is 0 Å². The first-order chi connectivity index (χ1) is 14.0. The second-order valence-electron chi connectivity index (χ2n) is 8.60. The Morgan fingerprint density at radius 3 is 2.55 bits per heavy atom. The Bertz CT molecular complexity index is 911. The highest BCUT2D eigenvalue weighted by molar-refractivity contribution is 6.06. The second kappa shape index (κ2) is 8.19. The molecule has 2 saturated heterocycles. The average molecular weight is 397 g/mol. The fourth-order valence-corrected chi connectivity index (χ4v) is 4.69. The molecule has 1 aromatic carbocycles. The Morgan fingerprint density at radius 2 is 1.83 bits per heavy atom. The molecule has 2 aliphatic heterocycles. The molecule has 0 saturated carbocycles. The number of para-hydroxylation sites is 1. The van der Waals surface area contributed by atoms with Gasteiger partial charge < -0.3 is 14.8 Å². The maximum Gasteiger partial charge on any atom is 0.256 e. The number of nitrogens with one attached hydrogen (secondary N) is 1. The third kappa shape index (κ3) is 3.90. The molecule has 1 atom stereocenters. The van der Waals surface area contributed by atoms with Crippen LogP contribution in [-0.4, -0.2) is 76.8 Å². The summed E-state index contributed by atoms with van der Waals surface area (Å²) in [5.41, 5.74) is 3.98. The van der Waals surface area contributed by atoms with Gasteiger partial charge in [0.05, 0.1) is 17.6 Å². The van der Waals surface area contributed by atoms with Crippen molar-refractivity contribution in [1.82, 2.24) is 19.7 Å². The van der Waals surface area contributed by atoms with E-state index in [-0.39, 0.29) is 11.8 Å². The smallest absolute Gasteiger partial charge is 0.256 e. The number of amides is 2. The number of aromatic amines is 1. The van der Waals surface area contributed by atoms with Gasteiger partial charge in [-0.15, -0.1) is 0 Å². The lowest BCUT2D eigenvalue weighted by molar-refractivity contribution is -0.136. The van der Waals surface area contributed by atoms with E-state index in [0.29, 0.717) is 25.7 Å². The number of carbonyl (C=O) groups is 2. The predicted molar refractivity (Wildman–Crippen MR) is 115 cm³/mol. The summed E-state index contributed by atoms with van der Waals surface area (Å²) in [6.45, 7) is 10.5. The van der Waals surface area contributed by atoms with Crippen LogP contribution in [0.1, 0.15) is 47.8 Å². The van der Waals surface area contributed by atoms with Crippen LogP contribution in [-0.2, 0) is 4.79 Å². The van der Waals surface area contributed by atoms with Gasteiger partial charge in [-0.2, -0.15) is 0 Å². The summed E-state index contributed by atoms with van der Waals surface area (Å²) >= 11 is 0. The summed E-state index contributed by atoms with van der Waals surface area (Å²) in [6.07, 6.45) is 3.44. The summed E-state index contributed by atoms with van der Waals surface area (Å²) in [5.74, 6) is 0.312. The molecule has 6 heteroatoms. The van der Waals surface area contributed by atoms with Crippen LogP contribution >= 0.6 is 0 Å². The Morgan fingerprint density at radius 1 is 1.07 bits per heavy atom. The monoisotopic (exact) mass is 396 g/mol. The van der Waals surface area contributed by atoms with E-state index in [1.807, 2.05) is 28.9 Å². The average Bonchev–Trinajstić information content (AvgIpc) is 3.02. The highest BCUT2D eigenvalue weighted by atomic mass is 16.2. The summed E-state index contributed by atoms with van der Waals surface area (Å²) in [5, 5.41) is 1.12. The van der Waals surface area contributed by atoms with E-state index in [0.717, 1.165) is 54.6 Å². The highest BCUT2D eigenvalue weighted by Gasteiger charge is 2.28. The molecule has 6 nitrogen and oxygen atoms in total. The quantitative estimate of drug-likeness (QED) is 0.868. The molecular formula is C23H32N4O2. The van der Waals surface area contributed by atoms with E-state index < -0.39 is 0 Å². The number of hydrogen-bond donors (Lipinski definition) is 1. The third-order valence-corrected chi connectivity index (χ3v) is 6.72. The van der Waals surface area contributed by atoms with Crippen molar-refractivity contribution in [2.75, 3.05) is 39.3 Å². The number of aromatic nitrogens is 1. The van der Waals surface area contributed by atoms with Gasteiger partial charge in [-0.1, -0.05) is 12.1 Å². The molecule has 1 N–H and O–H groups in total. The maximum absolute atomic E-state index is 13.2. The lowest BCUT2D eigenvalue weighted by Gasteiger charge is -2.38. The number of piperidine rings is 1. The van der Waals surface area contributed by atoms with Gasteiger partial charge in [0.2, 0.25) is 5.91 Å². The fraction of sp³-hybridized carbons (Fsp3) is 0.565. The first-order valence-corrected chi connectivity index (χ1v) is 10.8. The zero-order chi connectivity index (χ0) is 20.5. The molecule has 1 unspecified atom stereocenters. The number of carbonyl (C=O) groups excluding carboxylic acids is 2. The maximum atomic E-state index is 13.2. The molecule has 156 valence electrons. The zero-order valence-corrected chi connectivity index (χ0v) is 17.8. The molecule has 1 aromatic heterocycles. The van der Waals surface area contributed by atoms with Crippen LogP contribution < -0.4 is 0 Å². The number of nitrogens with zero attached hydrogens (tertiary/aromatic N) is 3. The molecule has 0 radical (unpaired) electrons. The Hall–Kier alpha value is -2.34. The normalized spacial score (nSPS) is 21.0. The molecule has 0 spiro atoms. The van der Waals surface area contributed by atoms with Crippen molar-refractivity contribution in [2.24, 2.45) is 0 Å². The number of H-pyrrole nitrogens is 1. The molecule has 2 amide bonds. The largest absolute Gasteiger partial charge is 0.358 e. The van der Waals surface area contributed by atoms with Crippen molar-refractivity contribution in [3.05, 3.63) is 35.0 Å². The number of rotatable bonds is 3. The number of piperazine rings is 1. The molecular weight excluding hydrogens is 364 g/mol.